The highest BCUT2D eigenvalue weighted by Crippen LogP contribution is 2.38. The first kappa shape index (κ1) is 7.81. The molecule has 0 saturated carbocycles. The average Bonchev–Trinajstić information content (AvgIpc) is 2.65. The van der Waals surface area contributed by atoms with E-state index in [9.17, 15) is 0 Å². The van der Waals surface area contributed by atoms with Crippen LogP contribution in [0.3, 0.4) is 0 Å². The fourth-order valence-corrected chi connectivity index (χ4v) is 3.17. The van der Waals surface area contributed by atoms with Crippen LogP contribution in [-0.4, -0.2) is 24.0 Å². The van der Waals surface area contributed by atoms with Gasteiger partial charge in [0.05, 0.1) is 0 Å². The second-order valence-corrected chi connectivity index (χ2v) is 4.55. The molecule has 0 aromatic rings. The van der Waals surface area contributed by atoms with E-state index in [1.54, 1.807) is 0 Å². The highest BCUT2D eigenvalue weighted by Gasteiger charge is 2.36. The van der Waals surface area contributed by atoms with Gasteiger partial charge in [-0.1, -0.05) is 24.3 Å². The summed E-state index contributed by atoms with van der Waals surface area (Å²) in [5.74, 6) is 1.82. The molecule has 1 heteroatoms. The zero-order valence-corrected chi connectivity index (χ0v) is 8.02. The Morgan fingerprint density at radius 1 is 1.08 bits per heavy atom. The third-order valence-electron chi connectivity index (χ3n) is 3.88. The third kappa shape index (κ3) is 1.18. The molecule has 0 bridgehead atoms. The maximum Gasteiger partial charge on any atom is 0.0347 e. The maximum absolute atomic E-state index is 2.62. The molecule has 0 radical (unpaired) electrons. The summed E-state index contributed by atoms with van der Waals surface area (Å²) in [5, 5.41) is 0. The largest absolute Gasteiger partial charge is 0.293 e. The minimum Gasteiger partial charge on any atom is -0.293 e. The van der Waals surface area contributed by atoms with Crippen LogP contribution in [0.4, 0.5) is 0 Å². The van der Waals surface area contributed by atoms with Gasteiger partial charge in [-0.05, 0) is 37.6 Å². The Bertz CT molecular complexity index is 254. The average molecular weight is 175 g/mol. The number of nitrogens with zero attached hydrogens (tertiary/aromatic N) is 1. The van der Waals surface area contributed by atoms with Crippen LogP contribution in [0.15, 0.2) is 24.3 Å². The molecule has 3 rings (SSSR count). The minimum atomic E-state index is 0.746. The molecule has 1 aliphatic carbocycles. The normalized spacial score (nSPS) is 43.2. The standard InChI is InChI=1S/C12H17N/c1-2-5-11-10(4-1)7-9-13-8-3-6-12(11)13/h2-3,5-6,10-12H,1,4,7-9H2/i12+0. The Morgan fingerprint density at radius 2 is 2.08 bits per heavy atom. The van der Waals surface area contributed by atoms with Gasteiger partial charge in [0, 0.05) is 12.6 Å². The molecule has 13 heavy (non-hydrogen) atoms. The number of hydrogen-bond donors (Lipinski definition) is 0. The van der Waals surface area contributed by atoms with Gasteiger partial charge in [0.25, 0.3) is 0 Å². The van der Waals surface area contributed by atoms with Gasteiger partial charge in [0.1, 0.15) is 0 Å². The lowest BCUT2D eigenvalue weighted by Gasteiger charge is -2.42. The summed E-state index contributed by atoms with van der Waals surface area (Å²) in [6.45, 7) is 2.52. The van der Waals surface area contributed by atoms with Gasteiger partial charge in [-0.25, -0.2) is 0 Å². The van der Waals surface area contributed by atoms with Crippen molar-refractivity contribution in [2.24, 2.45) is 11.8 Å². The van der Waals surface area contributed by atoms with Crippen LogP contribution >= 0.6 is 0 Å². The smallest absolute Gasteiger partial charge is 0.0347 e. The highest BCUT2D eigenvalue weighted by atomic mass is 15.2. The topological polar surface area (TPSA) is 3.24 Å². The Hall–Kier alpha value is -0.560. The predicted molar refractivity (Wildman–Crippen MR) is 54.5 cm³/mol. The summed E-state index contributed by atoms with van der Waals surface area (Å²) in [6, 6.07) is 0.746. The number of allylic oxidation sites excluding steroid dienone is 1. The second-order valence-electron chi connectivity index (χ2n) is 4.55. The molecule has 1 nitrogen and oxygen atoms in total. The lowest BCUT2D eigenvalue weighted by molar-refractivity contribution is 0.113. The monoisotopic (exact) mass is 175 g/mol. The van der Waals surface area contributed by atoms with Crippen LogP contribution in [0.5, 0.6) is 0 Å². The number of hydrogen-bond acceptors (Lipinski definition) is 1. The van der Waals surface area contributed by atoms with Crippen molar-refractivity contribution in [3.8, 4) is 0 Å². The van der Waals surface area contributed by atoms with E-state index in [2.05, 4.69) is 29.2 Å². The lowest BCUT2D eigenvalue weighted by Crippen LogP contribution is -2.45. The van der Waals surface area contributed by atoms with Crippen LogP contribution < -0.4 is 0 Å². The van der Waals surface area contributed by atoms with Crippen molar-refractivity contribution in [3.05, 3.63) is 24.3 Å². The van der Waals surface area contributed by atoms with Crippen LogP contribution in [-0.2, 0) is 0 Å². The van der Waals surface area contributed by atoms with Crippen molar-refractivity contribution in [2.45, 2.75) is 25.3 Å². The van der Waals surface area contributed by atoms with Crippen LogP contribution in [0.2, 0.25) is 0 Å². The molecular weight excluding hydrogens is 158 g/mol. The van der Waals surface area contributed by atoms with E-state index in [1.807, 2.05) is 0 Å². The molecule has 2 aliphatic heterocycles. The van der Waals surface area contributed by atoms with Crippen molar-refractivity contribution < 1.29 is 0 Å². The first-order chi connectivity index (χ1) is 6.45. The highest BCUT2D eigenvalue weighted by molar-refractivity contribution is 5.15. The lowest BCUT2D eigenvalue weighted by atomic mass is 9.75. The molecule has 70 valence electrons. The van der Waals surface area contributed by atoms with Gasteiger partial charge in [0.2, 0.25) is 0 Å². The number of fused-ring (bicyclic) bond motifs is 3. The summed E-state index contributed by atoms with van der Waals surface area (Å²) in [6.07, 6.45) is 13.8. The predicted octanol–water partition coefficient (Wildman–Crippen LogP) is 2.21. The van der Waals surface area contributed by atoms with E-state index in [4.69, 9.17) is 0 Å². The van der Waals surface area contributed by atoms with Crippen LogP contribution in [0, 0.1) is 11.8 Å². The zero-order valence-electron chi connectivity index (χ0n) is 8.02. The molecule has 3 atom stereocenters. The van der Waals surface area contributed by atoms with Crippen molar-refractivity contribution in [1.82, 2.24) is 4.90 Å². The zero-order chi connectivity index (χ0) is 8.67. The molecule has 3 aliphatic rings. The quantitative estimate of drug-likeness (QED) is 0.510. The fourth-order valence-electron chi connectivity index (χ4n) is 3.17. The molecular formula is C12H17N. The third-order valence-corrected chi connectivity index (χ3v) is 3.88. The number of piperidine rings is 1. The Morgan fingerprint density at radius 3 is 3.08 bits per heavy atom. The van der Waals surface area contributed by atoms with Crippen LogP contribution in [0.25, 0.3) is 0 Å². The molecule has 0 spiro atoms. The summed E-state index contributed by atoms with van der Waals surface area (Å²) >= 11 is 0. The van der Waals surface area contributed by atoms with Gasteiger partial charge < -0.3 is 0 Å². The van der Waals surface area contributed by atoms with Gasteiger partial charge in [-0.2, -0.15) is 0 Å². The fraction of sp³-hybridized carbons (Fsp3) is 0.667. The molecule has 3 unspecified atom stereocenters. The van der Waals surface area contributed by atoms with Gasteiger partial charge >= 0.3 is 0 Å². The SMILES string of the molecule is C1=CC2C(CC1)CCN1CC=C[12CH]21. The Balaban J connectivity index is 1.87. The van der Waals surface area contributed by atoms with E-state index >= 15 is 0 Å². The minimum absolute atomic E-state index is 0.746. The summed E-state index contributed by atoms with van der Waals surface area (Å²) < 4.78 is 0. The van der Waals surface area contributed by atoms with Crippen molar-refractivity contribution >= 4 is 0 Å². The number of rotatable bonds is 0. The van der Waals surface area contributed by atoms with E-state index in [0.717, 1.165) is 17.9 Å². The van der Waals surface area contributed by atoms with E-state index in [-0.39, 0.29) is 0 Å². The van der Waals surface area contributed by atoms with Crippen LogP contribution in [0.1, 0.15) is 19.3 Å². The molecule has 0 N–H and O–H groups in total. The summed E-state index contributed by atoms with van der Waals surface area (Å²) in [4.78, 5) is 2.62. The molecule has 0 amide bonds. The summed E-state index contributed by atoms with van der Waals surface area (Å²) in [7, 11) is 0. The van der Waals surface area contributed by atoms with Crippen molar-refractivity contribution in [3.63, 3.8) is 0 Å². The molecule has 1 fully saturated rings. The molecule has 0 aromatic carbocycles. The molecule has 2 heterocycles. The summed E-state index contributed by atoms with van der Waals surface area (Å²) in [5.41, 5.74) is 0. The first-order valence-electron chi connectivity index (χ1n) is 5.52. The maximum atomic E-state index is 2.62. The Labute approximate surface area is 80.1 Å². The molecule has 1 saturated heterocycles. The van der Waals surface area contributed by atoms with Crippen molar-refractivity contribution in [2.75, 3.05) is 13.1 Å². The Kier molecular flexibility index (Phi) is 1.79. The van der Waals surface area contributed by atoms with E-state index in [1.165, 1.54) is 32.4 Å². The van der Waals surface area contributed by atoms with E-state index < -0.39 is 0 Å². The van der Waals surface area contributed by atoms with Gasteiger partial charge in [-0.3, -0.25) is 4.90 Å². The van der Waals surface area contributed by atoms with Gasteiger partial charge in [0.15, 0.2) is 0 Å². The second kappa shape index (κ2) is 2.98. The first-order valence-corrected chi connectivity index (χ1v) is 5.52. The van der Waals surface area contributed by atoms with Crippen molar-refractivity contribution in [1.29, 1.82) is 0 Å². The van der Waals surface area contributed by atoms with E-state index in [0.29, 0.717) is 0 Å². The molecule has 0 aromatic heterocycles. The van der Waals surface area contributed by atoms with Gasteiger partial charge in [-0.15, -0.1) is 0 Å².